The summed E-state index contributed by atoms with van der Waals surface area (Å²) >= 11 is 0. The molecule has 0 saturated carbocycles. The molecule has 0 fully saturated rings. The standard InChI is InChI=1S/C5H10N2O3.H2/c1-7-3(5(9)10)2-4(6)8;/h3,7H,2H2,1H3,(H2,6,8)(H,9,10);1H. The van der Waals surface area contributed by atoms with E-state index in [9.17, 15) is 9.59 Å². The van der Waals surface area contributed by atoms with E-state index < -0.39 is 17.9 Å². The summed E-state index contributed by atoms with van der Waals surface area (Å²) in [6, 6.07) is -0.863. The fraction of sp³-hybridized carbons (Fsp3) is 0.600. The lowest BCUT2D eigenvalue weighted by molar-refractivity contribution is -0.141. The van der Waals surface area contributed by atoms with E-state index in [2.05, 4.69) is 5.32 Å². The smallest absolute Gasteiger partial charge is 0.321 e. The third-order valence-electron chi connectivity index (χ3n) is 1.05. The lowest BCUT2D eigenvalue weighted by Gasteiger charge is -2.06. The van der Waals surface area contributed by atoms with Gasteiger partial charge in [-0.2, -0.15) is 0 Å². The Morgan fingerprint density at radius 2 is 2.30 bits per heavy atom. The Hall–Kier alpha value is -1.10. The first-order valence-corrected chi connectivity index (χ1v) is 2.76. The molecule has 0 aliphatic carbocycles. The van der Waals surface area contributed by atoms with E-state index in [0.29, 0.717) is 0 Å². The molecule has 0 rings (SSSR count). The number of amides is 1. The lowest BCUT2D eigenvalue weighted by atomic mass is 10.2. The van der Waals surface area contributed by atoms with Crippen LogP contribution in [0.25, 0.3) is 0 Å². The van der Waals surface area contributed by atoms with Gasteiger partial charge in [0.1, 0.15) is 6.04 Å². The summed E-state index contributed by atoms with van der Waals surface area (Å²) in [6.45, 7) is 0. The molecule has 5 nitrogen and oxygen atoms in total. The van der Waals surface area contributed by atoms with Crippen molar-refractivity contribution in [3.8, 4) is 0 Å². The predicted molar refractivity (Wildman–Crippen MR) is 36.4 cm³/mol. The average molecular weight is 148 g/mol. The molecule has 0 aliphatic rings. The zero-order chi connectivity index (χ0) is 8.15. The lowest BCUT2D eigenvalue weighted by Crippen LogP contribution is -2.37. The quantitative estimate of drug-likeness (QED) is 0.466. The molecule has 1 amide bonds. The van der Waals surface area contributed by atoms with Crippen LogP contribution in [0, 0.1) is 0 Å². The molecule has 0 aliphatic heterocycles. The van der Waals surface area contributed by atoms with Crippen LogP contribution < -0.4 is 11.1 Å². The van der Waals surface area contributed by atoms with Crippen molar-refractivity contribution < 1.29 is 16.1 Å². The number of hydrogen-bond acceptors (Lipinski definition) is 3. The maximum absolute atomic E-state index is 10.2. The summed E-state index contributed by atoms with van der Waals surface area (Å²) < 4.78 is 0. The van der Waals surface area contributed by atoms with Crippen LogP contribution in [0.2, 0.25) is 0 Å². The summed E-state index contributed by atoms with van der Waals surface area (Å²) in [6.07, 6.45) is -0.175. The van der Waals surface area contributed by atoms with Crippen LogP contribution in [0.4, 0.5) is 0 Å². The SMILES string of the molecule is CNC(CC(N)=O)C(=O)O.[HH]. The summed E-state index contributed by atoms with van der Waals surface area (Å²) in [7, 11) is 1.46. The minimum atomic E-state index is -1.07. The number of nitrogens with one attached hydrogen (secondary N) is 1. The fourth-order valence-corrected chi connectivity index (χ4v) is 0.514. The van der Waals surface area contributed by atoms with Gasteiger partial charge < -0.3 is 16.2 Å². The molecular weight excluding hydrogens is 136 g/mol. The highest BCUT2D eigenvalue weighted by Crippen LogP contribution is 1.88. The number of primary amides is 1. The van der Waals surface area contributed by atoms with E-state index in [0.717, 1.165) is 0 Å². The molecule has 0 aromatic heterocycles. The van der Waals surface area contributed by atoms with Crippen molar-refractivity contribution in [2.24, 2.45) is 5.73 Å². The van der Waals surface area contributed by atoms with Crippen LogP contribution >= 0.6 is 0 Å². The molecule has 0 spiro atoms. The van der Waals surface area contributed by atoms with Gasteiger partial charge in [-0.25, -0.2) is 0 Å². The highest BCUT2D eigenvalue weighted by Gasteiger charge is 2.16. The van der Waals surface area contributed by atoms with Crippen molar-refractivity contribution >= 4 is 11.9 Å². The van der Waals surface area contributed by atoms with Crippen LogP contribution in [-0.2, 0) is 9.59 Å². The van der Waals surface area contributed by atoms with Crippen molar-refractivity contribution in [2.45, 2.75) is 12.5 Å². The number of carboxylic acids is 1. The predicted octanol–water partition coefficient (Wildman–Crippen LogP) is -1.22. The maximum Gasteiger partial charge on any atom is 0.321 e. The van der Waals surface area contributed by atoms with Gasteiger partial charge in [0.25, 0.3) is 0 Å². The Kier molecular flexibility index (Phi) is 3.42. The maximum atomic E-state index is 10.2. The number of nitrogens with two attached hydrogens (primary N) is 1. The van der Waals surface area contributed by atoms with Crippen LogP contribution in [0.3, 0.4) is 0 Å². The number of aliphatic carboxylic acids is 1. The third kappa shape index (κ3) is 3.03. The number of carbonyl (C=O) groups excluding carboxylic acids is 1. The van der Waals surface area contributed by atoms with Gasteiger partial charge in [-0.1, -0.05) is 0 Å². The van der Waals surface area contributed by atoms with E-state index in [-0.39, 0.29) is 7.85 Å². The molecule has 0 aromatic carbocycles. The third-order valence-corrected chi connectivity index (χ3v) is 1.05. The van der Waals surface area contributed by atoms with Gasteiger partial charge in [0, 0.05) is 1.43 Å². The van der Waals surface area contributed by atoms with E-state index in [1.54, 1.807) is 0 Å². The number of hydrogen-bond donors (Lipinski definition) is 3. The normalized spacial score (nSPS) is 12.5. The Bertz CT molecular complexity index is 151. The molecule has 1 atom stereocenters. The van der Waals surface area contributed by atoms with Gasteiger partial charge in [0.15, 0.2) is 0 Å². The number of rotatable bonds is 4. The van der Waals surface area contributed by atoms with E-state index in [4.69, 9.17) is 10.8 Å². The van der Waals surface area contributed by atoms with Gasteiger partial charge in [-0.05, 0) is 7.05 Å². The van der Waals surface area contributed by atoms with Crippen molar-refractivity contribution in [3.05, 3.63) is 0 Å². The highest BCUT2D eigenvalue weighted by atomic mass is 16.4. The Morgan fingerprint density at radius 3 is 2.40 bits per heavy atom. The second kappa shape index (κ2) is 3.84. The first-order valence-electron chi connectivity index (χ1n) is 2.76. The summed E-state index contributed by atoms with van der Waals surface area (Å²) in [4.78, 5) is 20.4. The average Bonchev–Trinajstić information content (AvgIpc) is 1.81. The molecule has 0 bridgehead atoms. The first-order chi connectivity index (χ1) is 4.57. The largest absolute Gasteiger partial charge is 0.480 e. The Balaban J connectivity index is 0. The molecular formula is C5H12N2O3. The molecule has 60 valence electrons. The molecule has 1 unspecified atom stereocenters. The van der Waals surface area contributed by atoms with Gasteiger partial charge in [0.05, 0.1) is 6.42 Å². The highest BCUT2D eigenvalue weighted by molar-refractivity contribution is 5.83. The second-order valence-corrected chi connectivity index (χ2v) is 1.85. The van der Waals surface area contributed by atoms with E-state index >= 15 is 0 Å². The van der Waals surface area contributed by atoms with Crippen LogP contribution in [0.15, 0.2) is 0 Å². The molecule has 0 heterocycles. The van der Waals surface area contributed by atoms with Crippen molar-refractivity contribution in [2.75, 3.05) is 7.05 Å². The second-order valence-electron chi connectivity index (χ2n) is 1.85. The monoisotopic (exact) mass is 148 g/mol. The van der Waals surface area contributed by atoms with E-state index in [1.807, 2.05) is 0 Å². The molecule has 0 aromatic rings. The van der Waals surface area contributed by atoms with Gasteiger partial charge in [-0.3, -0.25) is 9.59 Å². The van der Waals surface area contributed by atoms with Crippen molar-refractivity contribution in [3.63, 3.8) is 0 Å². The molecule has 5 heteroatoms. The fourth-order valence-electron chi connectivity index (χ4n) is 0.514. The van der Waals surface area contributed by atoms with Crippen LogP contribution in [0.5, 0.6) is 0 Å². The number of carboxylic acid groups (broad SMARTS) is 1. The first kappa shape index (κ1) is 8.90. The Morgan fingerprint density at radius 1 is 1.80 bits per heavy atom. The summed E-state index contributed by atoms with van der Waals surface area (Å²) in [5.41, 5.74) is 4.76. The number of likely N-dealkylation sites (N-methyl/N-ethyl adjacent to an activating group) is 1. The van der Waals surface area contributed by atoms with Crippen molar-refractivity contribution in [1.29, 1.82) is 0 Å². The molecule has 10 heavy (non-hydrogen) atoms. The van der Waals surface area contributed by atoms with Gasteiger partial charge in [0.2, 0.25) is 5.91 Å². The molecule has 0 radical (unpaired) electrons. The molecule has 4 N–H and O–H groups in total. The van der Waals surface area contributed by atoms with E-state index in [1.165, 1.54) is 7.05 Å². The summed E-state index contributed by atoms with van der Waals surface area (Å²) in [5.74, 6) is -1.69. The zero-order valence-corrected chi connectivity index (χ0v) is 5.63. The van der Waals surface area contributed by atoms with Gasteiger partial charge in [-0.15, -0.1) is 0 Å². The number of carbonyl (C=O) groups is 2. The summed E-state index contributed by atoms with van der Waals surface area (Å²) in [5, 5.41) is 10.8. The zero-order valence-electron chi connectivity index (χ0n) is 5.63. The topological polar surface area (TPSA) is 92.4 Å². The minimum Gasteiger partial charge on any atom is -0.480 e. The van der Waals surface area contributed by atoms with Crippen LogP contribution in [0.1, 0.15) is 7.85 Å². The Labute approximate surface area is 59.7 Å². The molecule has 0 saturated heterocycles. The van der Waals surface area contributed by atoms with Crippen LogP contribution in [-0.4, -0.2) is 30.1 Å². The minimum absolute atomic E-state index is 0. The van der Waals surface area contributed by atoms with Crippen molar-refractivity contribution in [1.82, 2.24) is 5.32 Å². The van der Waals surface area contributed by atoms with Gasteiger partial charge >= 0.3 is 5.97 Å².